The summed E-state index contributed by atoms with van der Waals surface area (Å²) in [7, 11) is 0. The number of hydrogen-bond donors (Lipinski definition) is 1. The van der Waals surface area contributed by atoms with Crippen molar-refractivity contribution in [2.45, 2.75) is 20.8 Å². The minimum Gasteiger partial charge on any atom is -0.355 e. The number of benzene rings is 2. The van der Waals surface area contributed by atoms with Gasteiger partial charge in [-0.3, -0.25) is 0 Å². The molecule has 5 heteroatoms. The zero-order valence-electron chi connectivity index (χ0n) is 13.7. The summed E-state index contributed by atoms with van der Waals surface area (Å²) in [4.78, 5) is 6.41. The molecule has 0 unspecified atom stereocenters. The largest absolute Gasteiger partial charge is 0.355 e. The number of para-hydroxylation sites is 1. The quantitative estimate of drug-likeness (QED) is 0.434. The Bertz CT molecular complexity index is 896. The summed E-state index contributed by atoms with van der Waals surface area (Å²) < 4.78 is 0. The molecule has 3 aromatic rings. The van der Waals surface area contributed by atoms with Gasteiger partial charge in [0.05, 0.1) is 15.6 Å². The Balaban J connectivity index is 1.87. The second-order valence-corrected chi connectivity index (χ2v) is 7.64. The minimum atomic E-state index is 0.629. The van der Waals surface area contributed by atoms with Crippen LogP contribution in [0, 0.1) is 20.8 Å². The lowest BCUT2D eigenvalue weighted by Gasteiger charge is -2.11. The molecular weight excluding hydrogens is 356 g/mol. The third-order valence-electron chi connectivity index (χ3n) is 3.86. The molecule has 0 aliphatic rings. The maximum Gasteiger partial charge on any atom is 0.135 e. The fourth-order valence-electron chi connectivity index (χ4n) is 2.33. The molecule has 1 aromatic heterocycles. The summed E-state index contributed by atoms with van der Waals surface area (Å²) in [5.41, 5.74) is 5.05. The number of halogens is 1. The van der Waals surface area contributed by atoms with Crippen LogP contribution in [0.5, 0.6) is 0 Å². The van der Waals surface area contributed by atoms with E-state index >= 15 is 0 Å². The van der Waals surface area contributed by atoms with Crippen LogP contribution in [0.25, 0.3) is 0 Å². The van der Waals surface area contributed by atoms with Crippen LogP contribution in [0.15, 0.2) is 42.5 Å². The summed E-state index contributed by atoms with van der Waals surface area (Å²) in [5, 5.41) is 4.87. The van der Waals surface area contributed by atoms with Crippen molar-refractivity contribution in [2.75, 3.05) is 5.32 Å². The molecule has 1 N–H and O–H groups in total. The van der Waals surface area contributed by atoms with E-state index in [2.05, 4.69) is 30.2 Å². The monoisotopic (exact) mass is 372 g/mol. The van der Waals surface area contributed by atoms with E-state index in [4.69, 9.17) is 23.8 Å². The Labute approximate surface area is 156 Å². The first-order valence-corrected chi connectivity index (χ1v) is 9.17. The van der Waals surface area contributed by atoms with Crippen molar-refractivity contribution in [3.05, 3.63) is 74.2 Å². The lowest BCUT2D eigenvalue weighted by molar-refractivity contribution is 1.22. The van der Waals surface area contributed by atoms with Crippen LogP contribution >= 0.6 is 35.2 Å². The molecular formula is C19H17ClN2S2. The van der Waals surface area contributed by atoms with E-state index in [1.165, 1.54) is 10.4 Å². The van der Waals surface area contributed by atoms with Gasteiger partial charge in [-0.1, -0.05) is 42.0 Å². The van der Waals surface area contributed by atoms with Crippen LogP contribution in [0.1, 0.15) is 26.7 Å². The maximum atomic E-state index is 6.48. The Kier molecular flexibility index (Phi) is 4.99. The third-order valence-corrected chi connectivity index (χ3v) is 5.81. The van der Waals surface area contributed by atoms with Gasteiger partial charge in [0.25, 0.3) is 0 Å². The average Bonchev–Trinajstić information content (AvgIpc) is 2.89. The highest BCUT2D eigenvalue weighted by atomic mass is 35.5. The molecule has 0 radical (unpaired) electrons. The third kappa shape index (κ3) is 3.51. The zero-order valence-corrected chi connectivity index (χ0v) is 16.1. The Morgan fingerprint density at radius 2 is 1.88 bits per heavy atom. The first-order valence-electron chi connectivity index (χ1n) is 7.56. The lowest BCUT2D eigenvalue weighted by Crippen LogP contribution is -2.01. The van der Waals surface area contributed by atoms with E-state index in [0.29, 0.717) is 9.89 Å². The number of thiocarbonyl (C=S) groups is 1. The van der Waals surface area contributed by atoms with Crippen molar-refractivity contribution in [2.24, 2.45) is 0 Å². The molecule has 0 saturated heterocycles. The summed E-state index contributed by atoms with van der Waals surface area (Å²) in [6.07, 6.45) is 0. The van der Waals surface area contributed by atoms with Gasteiger partial charge in [-0.25, -0.2) is 4.98 Å². The van der Waals surface area contributed by atoms with Crippen molar-refractivity contribution >= 4 is 51.4 Å². The molecule has 2 nitrogen and oxygen atoms in total. The number of anilines is 2. The second-order valence-electron chi connectivity index (χ2n) is 5.62. The summed E-state index contributed by atoms with van der Waals surface area (Å²) >= 11 is 13.7. The number of rotatable bonds is 4. The smallest absolute Gasteiger partial charge is 0.135 e. The number of hydrogen-bond acceptors (Lipinski definition) is 4. The predicted octanol–water partition coefficient (Wildman–Crippen LogP) is 6.23. The normalized spacial score (nSPS) is 10.7. The van der Waals surface area contributed by atoms with E-state index in [1.54, 1.807) is 11.3 Å². The molecule has 0 saturated carbocycles. The van der Waals surface area contributed by atoms with E-state index < -0.39 is 0 Å². The lowest BCUT2D eigenvalue weighted by atomic mass is 10.1. The first-order chi connectivity index (χ1) is 11.5. The fraction of sp³-hybridized carbons (Fsp3) is 0.158. The maximum absolute atomic E-state index is 6.48. The molecule has 0 aliphatic carbocycles. The molecule has 3 rings (SSSR count). The van der Waals surface area contributed by atoms with Crippen molar-refractivity contribution in [1.29, 1.82) is 0 Å². The molecule has 0 spiro atoms. The van der Waals surface area contributed by atoms with Crippen LogP contribution < -0.4 is 5.32 Å². The van der Waals surface area contributed by atoms with Gasteiger partial charge in [-0.05, 0) is 50.6 Å². The molecule has 1 heterocycles. The van der Waals surface area contributed by atoms with Gasteiger partial charge in [-0.2, -0.15) is 0 Å². The van der Waals surface area contributed by atoms with Crippen LogP contribution in [-0.2, 0) is 0 Å². The fourth-order valence-corrected chi connectivity index (χ4v) is 3.88. The van der Waals surface area contributed by atoms with Crippen LogP contribution in [0.2, 0.25) is 5.02 Å². The van der Waals surface area contributed by atoms with Crippen LogP contribution in [0.3, 0.4) is 0 Å². The number of aromatic nitrogens is 1. The van der Waals surface area contributed by atoms with Gasteiger partial charge in [0.15, 0.2) is 0 Å². The van der Waals surface area contributed by atoms with Gasteiger partial charge < -0.3 is 5.32 Å². The van der Waals surface area contributed by atoms with Gasteiger partial charge in [0, 0.05) is 21.8 Å². The van der Waals surface area contributed by atoms with Crippen LogP contribution in [-0.4, -0.2) is 9.85 Å². The van der Waals surface area contributed by atoms with Crippen molar-refractivity contribution in [1.82, 2.24) is 4.98 Å². The average molecular weight is 373 g/mol. The number of thiazole rings is 1. The van der Waals surface area contributed by atoms with Crippen molar-refractivity contribution < 1.29 is 0 Å². The minimum absolute atomic E-state index is 0.629. The highest BCUT2D eigenvalue weighted by Crippen LogP contribution is 2.28. The van der Waals surface area contributed by atoms with E-state index in [1.807, 2.05) is 43.3 Å². The molecule has 0 amide bonds. The van der Waals surface area contributed by atoms with Crippen LogP contribution in [0.4, 0.5) is 11.4 Å². The molecule has 0 bridgehead atoms. The molecule has 0 fully saturated rings. The topological polar surface area (TPSA) is 24.9 Å². The molecule has 0 atom stereocenters. The Morgan fingerprint density at radius 3 is 2.50 bits per heavy atom. The van der Waals surface area contributed by atoms with Gasteiger partial charge in [-0.15, -0.1) is 11.3 Å². The molecule has 122 valence electrons. The SMILES string of the molecule is Cc1ccccc1Nc1ccc(C(=S)c2nc(C)c(C)s2)c(Cl)c1. The number of nitrogens with one attached hydrogen (secondary N) is 1. The zero-order chi connectivity index (χ0) is 17.3. The van der Waals surface area contributed by atoms with E-state index in [0.717, 1.165) is 27.6 Å². The second kappa shape index (κ2) is 7.01. The Hall–Kier alpha value is -1.75. The standard InChI is InChI=1S/C19H17ClN2S2/c1-11-6-4-5-7-17(11)22-14-8-9-15(16(20)10-14)18(23)19-21-12(2)13(3)24-19/h4-10,22H,1-3H3. The van der Waals surface area contributed by atoms with Gasteiger partial charge in [0.1, 0.15) is 5.01 Å². The van der Waals surface area contributed by atoms with E-state index in [-0.39, 0.29) is 0 Å². The molecule has 2 aromatic carbocycles. The number of nitrogens with zero attached hydrogens (tertiary/aromatic N) is 1. The van der Waals surface area contributed by atoms with E-state index in [9.17, 15) is 0 Å². The predicted molar refractivity (Wildman–Crippen MR) is 108 cm³/mol. The first kappa shape index (κ1) is 17.1. The van der Waals surface area contributed by atoms with Crippen molar-refractivity contribution in [3.8, 4) is 0 Å². The molecule has 0 aliphatic heterocycles. The van der Waals surface area contributed by atoms with Crippen molar-refractivity contribution in [3.63, 3.8) is 0 Å². The molecule has 24 heavy (non-hydrogen) atoms. The Morgan fingerprint density at radius 1 is 1.12 bits per heavy atom. The highest BCUT2D eigenvalue weighted by molar-refractivity contribution is 7.81. The summed E-state index contributed by atoms with van der Waals surface area (Å²) in [6, 6.07) is 14.0. The van der Waals surface area contributed by atoms with Gasteiger partial charge in [0.2, 0.25) is 0 Å². The van der Waals surface area contributed by atoms with Gasteiger partial charge >= 0.3 is 0 Å². The summed E-state index contributed by atoms with van der Waals surface area (Å²) in [6.45, 7) is 6.12. The number of aryl methyl sites for hydroxylation is 3. The summed E-state index contributed by atoms with van der Waals surface area (Å²) in [5.74, 6) is 0. The highest BCUT2D eigenvalue weighted by Gasteiger charge is 2.14.